The second-order valence-electron chi connectivity index (χ2n) is 3.77. The molecule has 0 bridgehead atoms. The van der Waals surface area contributed by atoms with E-state index in [2.05, 4.69) is 15.4 Å². The number of nitrogens with two attached hydrogens (primary N) is 1. The van der Waals surface area contributed by atoms with Gasteiger partial charge in [-0.1, -0.05) is 6.92 Å². The average Bonchev–Trinajstić information content (AvgIpc) is 2.33. The number of nitrogens with zero attached hydrogens (tertiary/aromatic N) is 2. The van der Waals surface area contributed by atoms with Gasteiger partial charge in [0.05, 0.1) is 18.3 Å². The Balaban J connectivity index is 2.58. The van der Waals surface area contributed by atoms with Gasteiger partial charge in [0.25, 0.3) is 0 Å². The number of nitrogens with one attached hydrogen (secondary N) is 1. The lowest BCUT2D eigenvalue weighted by atomic mass is 10.2. The summed E-state index contributed by atoms with van der Waals surface area (Å²) in [5, 5.41) is 0. The molecule has 0 aromatic carbocycles. The fraction of sp³-hybridized carbons (Fsp3) is 0.636. The quantitative estimate of drug-likeness (QED) is 0.422. The van der Waals surface area contributed by atoms with Crippen LogP contribution < -0.4 is 16.0 Å². The van der Waals surface area contributed by atoms with E-state index in [1.54, 1.807) is 0 Å². The maximum Gasteiger partial charge on any atom is 0.221 e. The van der Waals surface area contributed by atoms with Crippen LogP contribution >= 0.6 is 0 Å². The molecule has 0 aliphatic rings. The van der Waals surface area contributed by atoms with Crippen LogP contribution in [0.2, 0.25) is 0 Å². The summed E-state index contributed by atoms with van der Waals surface area (Å²) in [7, 11) is 0. The van der Waals surface area contributed by atoms with Crippen LogP contribution in [0.5, 0.6) is 5.88 Å². The van der Waals surface area contributed by atoms with Gasteiger partial charge in [-0.3, -0.25) is 0 Å². The van der Waals surface area contributed by atoms with Crippen LogP contribution in [0.25, 0.3) is 0 Å². The van der Waals surface area contributed by atoms with Gasteiger partial charge in [-0.2, -0.15) is 0 Å². The molecule has 0 saturated carbocycles. The van der Waals surface area contributed by atoms with Gasteiger partial charge < -0.3 is 14.9 Å². The third kappa shape index (κ3) is 4.16. The van der Waals surface area contributed by atoms with Gasteiger partial charge in [0.1, 0.15) is 18.8 Å². The van der Waals surface area contributed by atoms with Crippen LogP contribution in [-0.4, -0.2) is 29.3 Å². The van der Waals surface area contributed by atoms with Crippen LogP contribution in [0.1, 0.15) is 26.3 Å². The summed E-state index contributed by atoms with van der Waals surface area (Å²) in [4.78, 5) is 8.12. The van der Waals surface area contributed by atoms with Crippen molar-refractivity contribution < 1.29 is 9.47 Å². The second-order valence-corrected chi connectivity index (χ2v) is 3.77. The van der Waals surface area contributed by atoms with Gasteiger partial charge in [0.2, 0.25) is 5.88 Å². The highest BCUT2D eigenvalue weighted by Crippen LogP contribution is 2.21. The van der Waals surface area contributed by atoms with E-state index in [4.69, 9.17) is 15.3 Å². The second kappa shape index (κ2) is 7.03. The molecule has 0 aliphatic heterocycles. The molecule has 0 amide bonds. The molecule has 6 nitrogen and oxygen atoms in total. The zero-order chi connectivity index (χ0) is 12.7. The first-order chi connectivity index (χ1) is 8.19. The Bertz CT molecular complexity index is 344. The molecule has 0 aliphatic carbocycles. The van der Waals surface area contributed by atoms with E-state index in [1.165, 1.54) is 6.33 Å². The van der Waals surface area contributed by atoms with Crippen molar-refractivity contribution in [3.8, 4) is 5.88 Å². The molecule has 1 aromatic rings. The minimum Gasteiger partial charge on any atom is -0.475 e. The Kier molecular flexibility index (Phi) is 5.65. The summed E-state index contributed by atoms with van der Waals surface area (Å²) in [5.74, 6) is 6.53. The van der Waals surface area contributed by atoms with Gasteiger partial charge in [0.15, 0.2) is 0 Å². The number of hydrogen-bond acceptors (Lipinski definition) is 6. The van der Waals surface area contributed by atoms with Gasteiger partial charge >= 0.3 is 0 Å². The lowest BCUT2D eigenvalue weighted by molar-refractivity contribution is 0.0540. The van der Waals surface area contributed by atoms with Crippen LogP contribution in [0.4, 0.5) is 5.82 Å². The summed E-state index contributed by atoms with van der Waals surface area (Å²) >= 11 is 0. The van der Waals surface area contributed by atoms with Crippen LogP contribution in [0, 0.1) is 0 Å². The molecule has 0 atom stereocenters. The fourth-order valence-electron chi connectivity index (χ4n) is 1.39. The molecule has 3 N–H and O–H groups in total. The third-order valence-electron chi connectivity index (χ3n) is 2.17. The highest BCUT2D eigenvalue weighted by atomic mass is 16.5. The first-order valence-corrected chi connectivity index (χ1v) is 5.73. The number of aromatic nitrogens is 2. The monoisotopic (exact) mass is 240 g/mol. The van der Waals surface area contributed by atoms with E-state index >= 15 is 0 Å². The predicted molar refractivity (Wildman–Crippen MR) is 65.8 cm³/mol. The van der Waals surface area contributed by atoms with Gasteiger partial charge in [-0.15, -0.1) is 0 Å². The molecule has 17 heavy (non-hydrogen) atoms. The molecule has 0 fully saturated rings. The Morgan fingerprint density at radius 3 is 2.71 bits per heavy atom. The van der Waals surface area contributed by atoms with E-state index in [0.29, 0.717) is 24.9 Å². The van der Waals surface area contributed by atoms with E-state index in [9.17, 15) is 0 Å². The van der Waals surface area contributed by atoms with Crippen LogP contribution in [-0.2, 0) is 11.2 Å². The van der Waals surface area contributed by atoms with Gasteiger partial charge in [-0.05, 0) is 20.3 Å². The van der Waals surface area contributed by atoms with E-state index in [1.807, 2.05) is 20.8 Å². The smallest absolute Gasteiger partial charge is 0.221 e. The number of nitrogen functional groups attached to an aromatic ring is 1. The van der Waals surface area contributed by atoms with E-state index in [0.717, 1.165) is 12.0 Å². The number of anilines is 1. The number of hydrogen-bond donors (Lipinski definition) is 2. The zero-order valence-electron chi connectivity index (χ0n) is 10.6. The minimum atomic E-state index is 0.205. The van der Waals surface area contributed by atoms with Crippen molar-refractivity contribution in [1.82, 2.24) is 9.97 Å². The number of ether oxygens (including phenoxy) is 2. The predicted octanol–water partition coefficient (Wildman–Crippen LogP) is 1.13. The Morgan fingerprint density at radius 1 is 1.35 bits per heavy atom. The lowest BCUT2D eigenvalue weighted by Gasteiger charge is -2.12. The minimum absolute atomic E-state index is 0.205. The third-order valence-corrected chi connectivity index (χ3v) is 2.17. The largest absolute Gasteiger partial charge is 0.475 e. The maximum absolute atomic E-state index is 5.55. The fourth-order valence-corrected chi connectivity index (χ4v) is 1.39. The van der Waals surface area contributed by atoms with Crippen molar-refractivity contribution in [3.63, 3.8) is 0 Å². The normalized spacial score (nSPS) is 10.6. The lowest BCUT2D eigenvalue weighted by Crippen LogP contribution is -2.15. The summed E-state index contributed by atoms with van der Waals surface area (Å²) in [5.41, 5.74) is 3.41. The Hall–Kier alpha value is -1.40. The molecule has 1 aromatic heterocycles. The van der Waals surface area contributed by atoms with Gasteiger partial charge in [-0.25, -0.2) is 15.8 Å². The molecular weight excluding hydrogens is 220 g/mol. The summed E-state index contributed by atoms with van der Waals surface area (Å²) < 4.78 is 10.9. The molecule has 0 saturated heterocycles. The highest BCUT2D eigenvalue weighted by Gasteiger charge is 2.09. The SMILES string of the molecule is CCc1c(NN)ncnc1OCCOC(C)C. The van der Waals surface area contributed by atoms with Crippen molar-refractivity contribution in [1.29, 1.82) is 0 Å². The molecule has 6 heteroatoms. The highest BCUT2D eigenvalue weighted by molar-refractivity contribution is 5.47. The topological polar surface area (TPSA) is 82.3 Å². The van der Waals surface area contributed by atoms with Crippen LogP contribution in [0.15, 0.2) is 6.33 Å². The molecule has 0 spiro atoms. The molecule has 96 valence electrons. The van der Waals surface area contributed by atoms with Crippen molar-refractivity contribution in [2.45, 2.75) is 33.3 Å². The van der Waals surface area contributed by atoms with E-state index in [-0.39, 0.29) is 6.10 Å². The maximum atomic E-state index is 5.55. The van der Waals surface area contributed by atoms with Crippen molar-refractivity contribution in [2.75, 3.05) is 18.6 Å². The number of hydrazine groups is 1. The Morgan fingerprint density at radius 2 is 2.12 bits per heavy atom. The van der Waals surface area contributed by atoms with Crippen molar-refractivity contribution in [3.05, 3.63) is 11.9 Å². The average molecular weight is 240 g/mol. The summed E-state index contributed by atoms with van der Waals surface area (Å²) in [6.45, 7) is 6.97. The first kappa shape index (κ1) is 13.7. The van der Waals surface area contributed by atoms with Crippen LogP contribution in [0.3, 0.4) is 0 Å². The van der Waals surface area contributed by atoms with Gasteiger partial charge in [0, 0.05) is 0 Å². The summed E-state index contributed by atoms with van der Waals surface area (Å²) in [6.07, 6.45) is 2.38. The molecule has 0 unspecified atom stereocenters. The standard InChI is InChI=1S/C11H20N4O2/c1-4-9-10(15-12)13-7-14-11(9)17-6-5-16-8(2)3/h7-8H,4-6,12H2,1-3H3,(H,13,14,15). The molecule has 1 heterocycles. The number of rotatable bonds is 7. The first-order valence-electron chi connectivity index (χ1n) is 5.73. The molecule has 1 rings (SSSR count). The zero-order valence-corrected chi connectivity index (χ0v) is 10.6. The molecule has 0 radical (unpaired) electrons. The van der Waals surface area contributed by atoms with Crippen molar-refractivity contribution in [2.24, 2.45) is 5.84 Å². The summed E-state index contributed by atoms with van der Waals surface area (Å²) in [6, 6.07) is 0. The van der Waals surface area contributed by atoms with E-state index < -0.39 is 0 Å². The molecular formula is C11H20N4O2. The van der Waals surface area contributed by atoms with Crippen molar-refractivity contribution >= 4 is 5.82 Å². The Labute approximate surface area is 102 Å².